The van der Waals surface area contributed by atoms with Gasteiger partial charge in [-0.2, -0.15) is 0 Å². The summed E-state index contributed by atoms with van der Waals surface area (Å²) in [6.07, 6.45) is -1.82. The van der Waals surface area contributed by atoms with Crippen molar-refractivity contribution in [2.24, 2.45) is 0 Å². The molecule has 120 valence electrons. The Balaban J connectivity index is 2.17. The number of aromatic nitrogens is 3. The first-order valence-corrected chi connectivity index (χ1v) is 6.42. The third kappa shape index (κ3) is 1.89. The molecular weight excluding hydrogens is 299 g/mol. The second-order valence-corrected chi connectivity index (χ2v) is 4.95. The van der Waals surface area contributed by atoms with Crippen molar-refractivity contribution in [2.75, 3.05) is 19.5 Å². The summed E-state index contributed by atoms with van der Waals surface area (Å²) >= 11 is 0. The molecular formula is C12H15FN4O5. The molecule has 1 unspecified atom stereocenters. The van der Waals surface area contributed by atoms with Crippen LogP contribution in [-0.2, 0) is 9.47 Å². The molecule has 0 bridgehead atoms. The number of aliphatic hydroxyl groups is 3. The zero-order valence-electron chi connectivity index (χ0n) is 11.5. The van der Waals surface area contributed by atoms with Gasteiger partial charge in [0.1, 0.15) is 24.4 Å². The van der Waals surface area contributed by atoms with Crippen LogP contribution in [0.5, 0.6) is 0 Å². The Hall–Kier alpha value is -1.85. The van der Waals surface area contributed by atoms with Crippen LogP contribution in [0.1, 0.15) is 6.23 Å². The molecule has 22 heavy (non-hydrogen) atoms. The highest BCUT2D eigenvalue weighted by atomic mass is 19.1. The first kappa shape index (κ1) is 15.1. The number of methoxy groups -OCH3 is 1. The van der Waals surface area contributed by atoms with Crippen molar-refractivity contribution >= 4 is 16.9 Å². The molecule has 10 heteroatoms. The molecule has 4 atom stereocenters. The molecule has 0 amide bonds. The van der Waals surface area contributed by atoms with Gasteiger partial charge in [-0.3, -0.25) is 4.57 Å². The molecule has 2 aromatic rings. The maximum Gasteiger partial charge on any atom is 0.241 e. The number of hydrogen-bond donors (Lipinski definition) is 4. The molecule has 0 aliphatic carbocycles. The van der Waals surface area contributed by atoms with Gasteiger partial charge in [0.25, 0.3) is 0 Å². The minimum absolute atomic E-state index is 0.0357. The van der Waals surface area contributed by atoms with Gasteiger partial charge in [-0.05, 0) is 0 Å². The number of nitrogen functional groups attached to an aromatic ring is 1. The normalized spacial score (nSPS) is 32.0. The van der Waals surface area contributed by atoms with Crippen molar-refractivity contribution in [3.05, 3.63) is 18.3 Å². The van der Waals surface area contributed by atoms with Gasteiger partial charge in [0.2, 0.25) is 5.79 Å². The van der Waals surface area contributed by atoms with Crippen LogP contribution in [0.3, 0.4) is 0 Å². The zero-order chi connectivity index (χ0) is 16.1. The van der Waals surface area contributed by atoms with Crippen molar-refractivity contribution in [3.63, 3.8) is 0 Å². The molecule has 5 N–H and O–H groups in total. The third-order valence-corrected chi connectivity index (χ3v) is 3.79. The molecule has 1 aliphatic rings. The van der Waals surface area contributed by atoms with E-state index in [1.807, 2.05) is 0 Å². The second kappa shape index (κ2) is 5.11. The zero-order valence-corrected chi connectivity index (χ0v) is 11.5. The summed E-state index contributed by atoms with van der Waals surface area (Å²) in [5.41, 5.74) is 5.69. The number of aliphatic hydroxyl groups excluding tert-OH is 2. The van der Waals surface area contributed by atoms with E-state index in [4.69, 9.17) is 15.2 Å². The van der Waals surface area contributed by atoms with E-state index in [2.05, 4.69) is 9.97 Å². The minimum atomic E-state index is -2.19. The summed E-state index contributed by atoms with van der Waals surface area (Å²) in [7, 11) is 1.16. The monoisotopic (exact) mass is 314 g/mol. The number of rotatable bonds is 3. The van der Waals surface area contributed by atoms with Crippen LogP contribution in [0, 0.1) is 5.82 Å². The van der Waals surface area contributed by atoms with Crippen molar-refractivity contribution < 1.29 is 29.2 Å². The first-order valence-electron chi connectivity index (χ1n) is 6.42. The number of hydrogen-bond acceptors (Lipinski definition) is 8. The Bertz CT molecular complexity index is 710. The summed E-state index contributed by atoms with van der Waals surface area (Å²) in [4.78, 5) is 7.62. The van der Waals surface area contributed by atoms with E-state index in [1.165, 1.54) is 0 Å². The van der Waals surface area contributed by atoms with Crippen LogP contribution in [0.2, 0.25) is 0 Å². The van der Waals surface area contributed by atoms with Crippen molar-refractivity contribution in [1.29, 1.82) is 0 Å². The van der Waals surface area contributed by atoms with E-state index in [-0.39, 0.29) is 16.9 Å². The highest BCUT2D eigenvalue weighted by Gasteiger charge is 2.57. The Labute approximate surface area is 123 Å². The van der Waals surface area contributed by atoms with Crippen LogP contribution < -0.4 is 5.73 Å². The van der Waals surface area contributed by atoms with Crippen LogP contribution >= 0.6 is 0 Å². The van der Waals surface area contributed by atoms with Gasteiger partial charge in [0.05, 0.1) is 12.0 Å². The smallest absolute Gasteiger partial charge is 0.241 e. The highest BCUT2D eigenvalue weighted by molar-refractivity contribution is 5.86. The number of halogens is 1. The van der Waals surface area contributed by atoms with E-state index >= 15 is 0 Å². The minimum Gasteiger partial charge on any atom is -0.394 e. The molecule has 2 aromatic heterocycles. The van der Waals surface area contributed by atoms with Gasteiger partial charge in [-0.1, -0.05) is 0 Å². The lowest BCUT2D eigenvalue weighted by Gasteiger charge is -2.29. The fraction of sp³-hybridized carbons (Fsp3) is 0.500. The van der Waals surface area contributed by atoms with E-state index in [0.717, 1.165) is 24.2 Å². The SMILES string of the molecule is CO[C@]1(O)C(n2cc(F)c3c(N)ncnc32)O[C@H](CO)[C@H]1O. The summed E-state index contributed by atoms with van der Waals surface area (Å²) in [6, 6.07) is 0. The number of ether oxygens (including phenoxy) is 2. The van der Waals surface area contributed by atoms with E-state index in [1.54, 1.807) is 0 Å². The van der Waals surface area contributed by atoms with E-state index in [9.17, 15) is 19.7 Å². The van der Waals surface area contributed by atoms with Crippen LogP contribution in [-0.4, -0.2) is 61.6 Å². The number of anilines is 1. The van der Waals surface area contributed by atoms with Gasteiger partial charge in [-0.25, -0.2) is 14.4 Å². The summed E-state index contributed by atoms with van der Waals surface area (Å²) in [6.45, 7) is -0.553. The Kier molecular flexibility index (Phi) is 3.50. The average molecular weight is 314 g/mol. The number of nitrogens with two attached hydrogens (primary N) is 1. The largest absolute Gasteiger partial charge is 0.394 e. The second-order valence-electron chi connectivity index (χ2n) is 4.95. The number of fused-ring (bicyclic) bond motifs is 1. The quantitative estimate of drug-likeness (QED) is 0.515. The fourth-order valence-electron chi connectivity index (χ4n) is 2.62. The molecule has 0 saturated carbocycles. The Morgan fingerprint density at radius 2 is 2.27 bits per heavy atom. The fourth-order valence-corrected chi connectivity index (χ4v) is 2.62. The highest BCUT2D eigenvalue weighted by Crippen LogP contribution is 2.41. The third-order valence-electron chi connectivity index (χ3n) is 3.79. The molecule has 3 heterocycles. The van der Waals surface area contributed by atoms with Gasteiger partial charge in [-0.15, -0.1) is 0 Å². The van der Waals surface area contributed by atoms with E-state index < -0.39 is 36.6 Å². The van der Waals surface area contributed by atoms with Crippen LogP contribution in [0.25, 0.3) is 11.0 Å². The maximum atomic E-state index is 14.1. The van der Waals surface area contributed by atoms with Crippen LogP contribution in [0.4, 0.5) is 10.2 Å². The lowest BCUT2D eigenvalue weighted by atomic mass is 10.1. The van der Waals surface area contributed by atoms with Gasteiger partial charge in [0.15, 0.2) is 17.7 Å². The molecule has 3 rings (SSSR count). The van der Waals surface area contributed by atoms with E-state index in [0.29, 0.717) is 0 Å². The summed E-state index contributed by atoms with van der Waals surface area (Å²) < 4.78 is 25.6. The predicted molar refractivity (Wildman–Crippen MR) is 70.9 cm³/mol. The van der Waals surface area contributed by atoms with Crippen LogP contribution in [0.15, 0.2) is 12.5 Å². The van der Waals surface area contributed by atoms with Crippen molar-refractivity contribution in [2.45, 2.75) is 24.2 Å². The molecule has 9 nitrogen and oxygen atoms in total. The molecule has 1 aliphatic heterocycles. The lowest BCUT2D eigenvalue weighted by molar-refractivity contribution is -0.264. The maximum absolute atomic E-state index is 14.1. The van der Waals surface area contributed by atoms with Crippen molar-refractivity contribution in [1.82, 2.24) is 14.5 Å². The lowest BCUT2D eigenvalue weighted by Crippen LogP contribution is -2.48. The topological polar surface area (TPSA) is 136 Å². The molecule has 0 aromatic carbocycles. The Morgan fingerprint density at radius 1 is 1.55 bits per heavy atom. The van der Waals surface area contributed by atoms with Crippen molar-refractivity contribution in [3.8, 4) is 0 Å². The molecule has 0 spiro atoms. The van der Waals surface area contributed by atoms with Gasteiger partial charge >= 0.3 is 0 Å². The standard InChI is InChI=1S/C12H15FN4O5/c1-21-12(20)8(19)6(3-18)22-11(12)17-2-5(13)7-9(14)15-4-16-10(7)17/h2,4,6,8,11,18-20H,3H2,1H3,(H2,14,15,16)/t6-,8-,11?,12+/m1/s1. The number of nitrogens with zero attached hydrogens (tertiary/aromatic N) is 3. The Morgan fingerprint density at radius 3 is 2.91 bits per heavy atom. The molecule has 1 fully saturated rings. The van der Waals surface area contributed by atoms with Gasteiger partial charge < -0.3 is 30.5 Å². The summed E-state index contributed by atoms with van der Waals surface area (Å²) in [5.74, 6) is -2.97. The molecule has 1 saturated heterocycles. The summed E-state index contributed by atoms with van der Waals surface area (Å²) in [5, 5.41) is 29.7. The van der Waals surface area contributed by atoms with Gasteiger partial charge in [0, 0.05) is 13.3 Å². The first-order chi connectivity index (χ1) is 10.4. The average Bonchev–Trinajstić information content (AvgIpc) is 2.97. The molecule has 0 radical (unpaired) electrons. The predicted octanol–water partition coefficient (Wildman–Crippen LogP) is -1.26.